The highest BCUT2D eigenvalue weighted by Gasteiger charge is 2.08. The molecule has 1 atom stereocenters. The minimum atomic E-state index is -0.168. The Balaban J connectivity index is 2.20. The minimum absolute atomic E-state index is 0.142. The summed E-state index contributed by atoms with van der Waals surface area (Å²) in [6.45, 7) is 2.64. The van der Waals surface area contributed by atoms with Crippen LogP contribution in [0.5, 0.6) is 0 Å². The molecule has 5 nitrogen and oxygen atoms in total. The molecule has 0 radical (unpaired) electrons. The predicted octanol–water partition coefficient (Wildman–Crippen LogP) is 1.83. The largest absolute Gasteiger partial charge is 0.396 e. The number of aliphatic hydroxyl groups excluding tert-OH is 1. The molecular formula is C14H18ClN3O2. The van der Waals surface area contributed by atoms with Crippen LogP contribution in [0.3, 0.4) is 0 Å². The summed E-state index contributed by atoms with van der Waals surface area (Å²) >= 11 is 5.92. The lowest BCUT2D eigenvalue weighted by molar-refractivity contribution is 0.261. The number of fused-ring (bicyclic) bond motifs is 1. The maximum absolute atomic E-state index is 11.9. The molecule has 3 N–H and O–H groups in total. The van der Waals surface area contributed by atoms with Crippen molar-refractivity contribution >= 4 is 22.5 Å². The number of benzene rings is 1. The average molecular weight is 296 g/mol. The van der Waals surface area contributed by atoms with E-state index in [1.54, 1.807) is 18.2 Å². The lowest BCUT2D eigenvalue weighted by atomic mass is 10.1. The summed E-state index contributed by atoms with van der Waals surface area (Å²) in [6, 6.07) is 5.23. The first-order valence-electron chi connectivity index (χ1n) is 6.66. The molecule has 0 aliphatic carbocycles. The highest BCUT2D eigenvalue weighted by atomic mass is 35.5. The van der Waals surface area contributed by atoms with Crippen molar-refractivity contribution in [1.82, 2.24) is 15.3 Å². The van der Waals surface area contributed by atoms with Crippen LogP contribution in [0.15, 0.2) is 23.0 Å². The maximum Gasteiger partial charge on any atom is 0.258 e. The third kappa shape index (κ3) is 3.56. The Hall–Kier alpha value is -1.43. The van der Waals surface area contributed by atoms with Gasteiger partial charge in [-0.25, -0.2) is 4.98 Å². The van der Waals surface area contributed by atoms with Gasteiger partial charge in [0.05, 0.1) is 17.4 Å². The number of nitrogens with zero attached hydrogens (tertiary/aromatic N) is 1. The summed E-state index contributed by atoms with van der Waals surface area (Å²) < 4.78 is 0. The number of aliphatic hydroxyl groups is 1. The Morgan fingerprint density at radius 3 is 3.00 bits per heavy atom. The number of nitrogens with one attached hydrogen (secondary N) is 2. The van der Waals surface area contributed by atoms with E-state index in [1.807, 2.05) is 6.92 Å². The average Bonchev–Trinajstić information content (AvgIpc) is 2.43. The second-order valence-electron chi connectivity index (χ2n) is 4.67. The number of aromatic amines is 1. The summed E-state index contributed by atoms with van der Waals surface area (Å²) in [4.78, 5) is 19.1. The molecule has 6 heteroatoms. The second-order valence-corrected chi connectivity index (χ2v) is 5.11. The molecule has 0 fully saturated rings. The van der Waals surface area contributed by atoms with Gasteiger partial charge in [0.15, 0.2) is 0 Å². The van der Waals surface area contributed by atoms with Crippen molar-refractivity contribution in [2.45, 2.75) is 32.4 Å². The van der Waals surface area contributed by atoms with Crippen LogP contribution in [0.1, 0.15) is 25.6 Å². The van der Waals surface area contributed by atoms with Crippen LogP contribution in [0.4, 0.5) is 0 Å². The van der Waals surface area contributed by atoms with E-state index in [0.717, 1.165) is 6.42 Å². The standard InChI is InChI=1S/C14H18ClN3O2/c1-2-10(5-6-19)16-8-13-17-12-7-9(15)3-4-11(12)14(20)18-13/h3-4,7,10,16,19H,2,5-6,8H2,1H3,(H,17,18,20). The van der Waals surface area contributed by atoms with E-state index in [1.165, 1.54) is 0 Å². The number of halogens is 1. The molecule has 0 amide bonds. The number of aromatic nitrogens is 2. The Morgan fingerprint density at radius 1 is 1.50 bits per heavy atom. The van der Waals surface area contributed by atoms with Gasteiger partial charge >= 0.3 is 0 Å². The van der Waals surface area contributed by atoms with Gasteiger partial charge in [-0.3, -0.25) is 4.79 Å². The van der Waals surface area contributed by atoms with E-state index in [2.05, 4.69) is 15.3 Å². The summed E-state index contributed by atoms with van der Waals surface area (Å²) in [5.74, 6) is 0.571. The van der Waals surface area contributed by atoms with Gasteiger partial charge in [-0.2, -0.15) is 0 Å². The molecule has 0 aliphatic heterocycles. The van der Waals surface area contributed by atoms with E-state index in [4.69, 9.17) is 16.7 Å². The molecule has 0 saturated heterocycles. The fourth-order valence-electron chi connectivity index (χ4n) is 2.09. The molecule has 0 bridgehead atoms. The molecule has 0 spiro atoms. The van der Waals surface area contributed by atoms with Crippen molar-refractivity contribution < 1.29 is 5.11 Å². The van der Waals surface area contributed by atoms with Crippen molar-refractivity contribution in [2.75, 3.05) is 6.61 Å². The van der Waals surface area contributed by atoms with Gasteiger partial charge in [0, 0.05) is 17.7 Å². The molecule has 2 rings (SSSR count). The zero-order valence-electron chi connectivity index (χ0n) is 11.3. The van der Waals surface area contributed by atoms with Crippen molar-refractivity contribution in [2.24, 2.45) is 0 Å². The van der Waals surface area contributed by atoms with Crippen LogP contribution in [-0.4, -0.2) is 27.7 Å². The van der Waals surface area contributed by atoms with Gasteiger partial charge < -0.3 is 15.4 Å². The quantitative estimate of drug-likeness (QED) is 0.760. The SMILES string of the molecule is CCC(CCO)NCc1nc2cc(Cl)ccc2c(=O)[nH]1. The summed E-state index contributed by atoms with van der Waals surface area (Å²) in [7, 11) is 0. The van der Waals surface area contributed by atoms with Crippen LogP contribution in [0, 0.1) is 0 Å². The van der Waals surface area contributed by atoms with Gasteiger partial charge in [-0.05, 0) is 31.0 Å². The molecular weight excluding hydrogens is 278 g/mol. The van der Waals surface area contributed by atoms with E-state index >= 15 is 0 Å². The molecule has 1 unspecified atom stereocenters. The molecule has 20 heavy (non-hydrogen) atoms. The molecule has 0 aliphatic rings. The van der Waals surface area contributed by atoms with Crippen molar-refractivity contribution in [1.29, 1.82) is 0 Å². The lowest BCUT2D eigenvalue weighted by Gasteiger charge is -2.15. The van der Waals surface area contributed by atoms with Gasteiger partial charge in [-0.15, -0.1) is 0 Å². The Morgan fingerprint density at radius 2 is 2.30 bits per heavy atom. The zero-order valence-corrected chi connectivity index (χ0v) is 12.1. The van der Waals surface area contributed by atoms with Crippen molar-refractivity contribution in [3.63, 3.8) is 0 Å². The molecule has 1 aromatic carbocycles. The zero-order chi connectivity index (χ0) is 14.5. The van der Waals surface area contributed by atoms with Crippen LogP contribution in [0.2, 0.25) is 5.02 Å². The smallest absolute Gasteiger partial charge is 0.258 e. The monoisotopic (exact) mass is 295 g/mol. The fourth-order valence-corrected chi connectivity index (χ4v) is 2.26. The topological polar surface area (TPSA) is 78.0 Å². The van der Waals surface area contributed by atoms with Crippen molar-refractivity contribution in [3.05, 3.63) is 39.4 Å². The van der Waals surface area contributed by atoms with Gasteiger partial charge in [-0.1, -0.05) is 18.5 Å². The van der Waals surface area contributed by atoms with E-state index in [-0.39, 0.29) is 18.2 Å². The van der Waals surface area contributed by atoms with Crippen molar-refractivity contribution in [3.8, 4) is 0 Å². The number of H-pyrrole nitrogens is 1. The summed E-state index contributed by atoms with van der Waals surface area (Å²) in [6.07, 6.45) is 1.59. The molecule has 2 aromatic rings. The Labute approximate surface area is 122 Å². The number of hydrogen-bond donors (Lipinski definition) is 3. The maximum atomic E-state index is 11.9. The summed E-state index contributed by atoms with van der Waals surface area (Å²) in [5, 5.41) is 13.3. The minimum Gasteiger partial charge on any atom is -0.396 e. The first kappa shape index (κ1) is 15.0. The molecule has 1 aromatic heterocycles. The Kier molecular flexibility index (Phi) is 5.11. The van der Waals surface area contributed by atoms with Gasteiger partial charge in [0.1, 0.15) is 5.82 Å². The molecule has 1 heterocycles. The summed E-state index contributed by atoms with van der Waals surface area (Å²) in [5.41, 5.74) is 0.423. The van der Waals surface area contributed by atoms with Crippen LogP contribution >= 0.6 is 11.6 Å². The van der Waals surface area contributed by atoms with Gasteiger partial charge in [0.2, 0.25) is 0 Å². The second kappa shape index (κ2) is 6.83. The van der Waals surface area contributed by atoms with E-state index in [9.17, 15) is 4.79 Å². The van der Waals surface area contributed by atoms with Crippen LogP contribution in [0.25, 0.3) is 10.9 Å². The van der Waals surface area contributed by atoms with E-state index < -0.39 is 0 Å². The molecule has 0 saturated carbocycles. The third-order valence-corrected chi connectivity index (χ3v) is 3.48. The Bertz CT molecular complexity index is 642. The normalized spacial score (nSPS) is 12.8. The van der Waals surface area contributed by atoms with Crippen LogP contribution < -0.4 is 10.9 Å². The fraction of sp³-hybridized carbons (Fsp3) is 0.429. The number of hydrogen-bond acceptors (Lipinski definition) is 4. The highest BCUT2D eigenvalue weighted by molar-refractivity contribution is 6.31. The first-order chi connectivity index (χ1) is 9.63. The predicted molar refractivity (Wildman–Crippen MR) is 80.0 cm³/mol. The third-order valence-electron chi connectivity index (χ3n) is 3.25. The van der Waals surface area contributed by atoms with E-state index in [0.29, 0.717) is 34.7 Å². The number of rotatable bonds is 6. The first-order valence-corrected chi connectivity index (χ1v) is 7.04. The van der Waals surface area contributed by atoms with Gasteiger partial charge in [0.25, 0.3) is 5.56 Å². The lowest BCUT2D eigenvalue weighted by Crippen LogP contribution is -2.30. The highest BCUT2D eigenvalue weighted by Crippen LogP contribution is 2.14. The molecule has 108 valence electrons. The van der Waals surface area contributed by atoms with Crippen LogP contribution in [-0.2, 0) is 6.54 Å².